The monoisotopic (exact) mass is 284 g/mol. The van der Waals surface area contributed by atoms with E-state index in [0.29, 0.717) is 10.3 Å². The average Bonchev–Trinajstić information content (AvgIpc) is 2.80. The Labute approximate surface area is 111 Å². The maximum atomic E-state index is 13.3. The van der Waals surface area contributed by atoms with Crippen molar-refractivity contribution in [3.05, 3.63) is 30.1 Å². The average molecular weight is 284 g/mol. The predicted molar refractivity (Wildman–Crippen MR) is 70.7 cm³/mol. The number of benzene rings is 1. The molecule has 0 atom stereocenters. The van der Waals surface area contributed by atoms with Gasteiger partial charge in [0.25, 0.3) is 0 Å². The van der Waals surface area contributed by atoms with Crippen LogP contribution in [0.15, 0.2) is 29.4 Å². The number of anilines is 2. The fourth-order valence-corrected chi connectivity index (χ4v) is 2.28. The van der Waals surface area contributed by atoms with Gasteiger partial charge in [0.1, 0.15) is 5.82 Å². The van der Waals surface area contributed by atoms with Gasteiger partial charge in [0.2, 0.25) is 10.3 Å². The summed E-state index contributed by atoms with van der Waals surface area (Å²) in [6.45, 7) is 0. The van der Waals surface area contributed by atoms with E-state index in [9.17, 15) is 9.18 Å². The lowest BCUT2D eigenvalue weighted by Crippen LogP contribution is -2.19. The van der Waals surface area contributed by atoms with Gasteiger partial charge < -0.3 is 5.32 Å². The number of carbonyl (C=O) groups excluding carboxylic acids is 1. The van der Waals surface area contributed by atoms with Gasteiger partial charge >= 0.3 is 6.03 Å². The zero-order chi connectivity index (χ0) is 13.0. The highest BCUT2D eigenvalue weighted by Gasteiger charge is 2.09. The zero-order valence-electron chi connectivity index (χ0n) is 9.31. The van der Waals surface area contributed by atoms with Crippen molar-refractivity contribution in [1.29, 1.82) is 0 Å². The third kappa shape index (κ3) is 3.17. The van der Waals surface area contributed by atoms with Crippen LogP contribution >= 0.6 is 23.3 Å². The molecule has 2 rings (SSSR count). The van der Waals surface area contributed by atoms with E-state index in [0.717, 1.165) is 11.5 Å². The van der Waals surface area contributed by atoms with E-state index in [-0.39, 0.29) is 5.69 Å². The molecule has 0 unspecified atom stereocenters. The molecule has 8 heteroatoms. The highest BCUT2D eigenvalue weighted by Crippen LogP contribution is 2.18. The Morgan fingerprint density at radius 3 is 2.83 bits per heavy atom. The first-order valence-corrected chi connectivity index (χ1v) is 6.89. The molecule has 2 aromatic rings. The van der Waals surface area contributed by atoms with Crippen LogP contribution in [0.5, 0.6) is 0 Å². The number of nitrogens with one attached hydrogen (secondary N) is 2. The second-order valence-corrected chi connectivity index (χ2v) is 4.67. The minimum absolute atomic E-state index is 0.115. The predicted octanol–water partition coefficient (Wildman–Crippen LogP) is 3.04. The quantitative estimate of drug-likeness (QED) is 0.850. The highest BCUT2D eigenvalue weighted by atomic mass is 32.2. The van der Waals surface area contributed by atoms with Gasteiger partial charge in [-0.2, -0.15) is 9.36 Å². The van der Waals surface area contributed by atoms with E-state index in [1.807, 2.05) is 6.26 Å². The first-order valence-electron chi connectivity index (χ1n) is 4.89. The van der Waals surface area contributed by atoms with Gasteiger partial charge in [-0.05, 0) is 18.4 Å². The maximum absolute atomic E-state index is 13.3. The van der Waals surface area contributed by atoms with Crippen molar-refractivity contribution in [2.45, 2.75) is 5.16 Å². The fraction of sp³-hybridized carbons (Fsp3) is 0.100. The summed E-state index contributed by atoms with van der Waals surface area (Å²) in [6, 6.07) is 5.38. The molecule has 0 saturated carbocycles. The highest BCUT2D eigenvalue weighted by molar-refractivity contribution is 7.98. The molecule has 0 fully saturated rings. The molecule has 0 bridgehead atoms. The molecule has 0 saturated heterocycles. The molecule has 0 radical (unpaired) electrons. The number of hydrogen-bond acceptors (Lipinski definition) is 5. The first kappa shape index (κ1) is 12.8. The number of nitrogens with zero attached hydrogens (tertiary/aromatic N) is 2. The molecule has 0 aliphatic carbocycles. The lowest BCUT2D eigenvalue weighted by molar-refractivity contribution is 0.262. The van der Waals surface area contributed by atoms with Crippen LogP contribution in [0.1, 0.15) is 0 Å². The van der Waals surface area contributed by atoms with Crippen LogP contribution in [0.4, 0.5) is 20.0 Å². The van der Waals surface area contributed by atoms with Gasteiger partial charge in [0, 0.05) is 11.5 Å². The number of carbonyl (C=O) groups is 1. The summed E-state index contributed by atoms with van der Waals surface area (Å²) >= 11 is 2.45. The van der Waals surface area contributed by atoms with Gasteiger partial charge in [0.05, 0.1) is 5.69 Å². The molecular formula is C10H9FN4OS2. The molecule has 5 nitrogen and oxygen atoms in total. The molecule has 1 heterocycles. The molecule has 1 aromatic carbocycles. The van der Waals surface area contributed by atoms with Crippen molar-refractivity contribution in [2.24, 2.45) is 0 Å². The molecule has 2 amide bonds. The van der Waals surface area contributed by atoms with Gasteiger partial charge in [-0.15, -0.1) is 0 Å². The SMILES string of the molecule is CSc1nsc(NC(=O)Nc2ccccc2F)n1. The van der Waals surface area contributed by atoms with E-state index in [1.54, 1.807) is 12.1 Å². The molecule has 0 spiro atoms. The lowest BCUT2D eigenvalue weighted by Gasteiger charge is -2.05. The van der Waals surface area contributed by atoms with E-state index < -0.39 is 11.8 Å². The van der Waals surface area contributed by atoms with Crippen molar-refractivity contribution in [3.63, 3.8) is 0 Å². The van der Waals surface area contributed by atoms with E-state index in [1.165, 1.54) is 23.9 Å². The summed E-state index contributed by atoms with van der Waals surface area (Å²) < 4.78 is 17.3. The number of rotatable bonds is 3. The molecule has 1 aromatic heterocycles. The number of hydrogen-bond donors (Lipinski definition) is 2. The van der Waals surface area contributed by atoms with Crippen LogP contribution in [0.25, 0.3) is 0 Å². The number of para-hydroxylation sites is 1. The largest absolute Gasteiger partial charge is 0.325 e. The van der Waals surface area contributed by atoms with Gasteiger partial charge in [-0.1, -0.05) is 23.9 Å². The van der Waals surface area contributed by atoms with E-state index in [2.05, 4.69) is 20.0 Å². The van der Waals surface area contributed by atoms with E-state index in [4.69, 9.17) is 0 Å². The summed E-state index contributed by atoms with van der Waals surface area (Å²) in [5.41, 5.74) is 0.115. The Hall–Kier alpha value is -1.67. The smallest absolute Gasteiger partial charge is 0.305 e. The first-order chi connectivity index (χ1) is 8.69. The number of amides is 2. The summed E-state index contributed by atoms with van der Waals surface area (Å²) in [5, 5.41) is 5.83. The van der Waals surface area contributed by atoms with Crippen molar-refractivity contribution < 1.29 is 9.18 Å². The summed E-state index contributed by atoms with van der Waals surface area (Å²) in [5.74, 6) is -0.491. The number of halogens is 1. The van der Waals surface area contributed by atoms with Crippen LogP contribution < -0.4 is 10.6 Å². The molecule has 0 aliphatic rings. The van der Waals surface area contributed by atoms with Crippen LogP contribution in [0.2, 0.25) is 0 Å². The summed E-state index contributed by atoms with van der Waals surface area (Å²) in [4.78, 5) is 15.6. The Morgan fingerprint density at radius 1 is 1.39 bits per heavy atom. The Bertz CT molecular complexity index is 560. The van der Waals surface area contributed by atoms with Gasteiger partial charge in [0.15, 0.2) is 0 Å². The third-order valence-electron chi connectivity index (χ3n) is 1.93. The van der Waals surface area contributed by atoms with Crippen LogP contribution in [0.3, 0.4) is 0 Å². The van der Waals surface area contributed by atoms with E-state index >= 15 is 0 Å². The molecule has 18 heavy (non-hydrogen) atoms. The zero-order valence-corrected chi connectivity index (χ0v) is 10.9. The van der Waals surface area contributed by atoms with Crippen molar-refractivity contribution in [2.75, 3.05) is 16.9 Å². The number of urea groups is 1. The number of aromatic nitrogens is 2. The summed E-state index contributed by atoms with van der Waals surface area (Å²) in [6.07, 6.45) is 1.84. The Kier molecular flexibility index (Phi) is 4.11. The van der Waals surface area contributed by atoms with Crippen LogP contribution in [0, 0.1) is 5.82 Å². The third-order valence-corrected chi connectivity index (χ3v) is 3.23. The van der Waals surface area contributed by atoms with Gasteiger partial charge in [-0.3, -0.25) is 5.32 Å². The molecule has 94 valence electrons. The molecule has 0 aliphatic heterocycles. The van der Waals surface area contributed by atoms with Gasteiger partial charge in [-0.25, -0.2) is 9.18 Å². The topological polar surface area (TPSA) is 66.9 Å². The van der Waals surface area contributed by atoms with Crippen molar-refractivity contribution in [1.82, 2.24) is 9.36 Å². The van der Waals surface area contributed by atoms with Crippen LogP contribution in [-0.2, 0) is 0 Å². The second-order valence-electron chi connectivity index (χ2n) is 3.15. The number of thioether (sulfide) groups is 1. The normalized spacial score (nSPS) is 10.1. The van der Waals surface area contributed by atoms with Crippen molar-refractivity contribution >= 4 is 40.1 Å². The fourth-order valence-electron chi connectivity index (χ4n) is 1.16. The Balaban J connectivity index is 1.99. The standard InChI is InChI=1S/C10H9FN4OS2/c1-17-10-14-9(18-15-10)13-8(16)12-7-5-3-2-4-6(7)11/h2-5H,1H3,(H2,12,13,14,15,16). The maximum Gasteiger partial charge on any atom is 0.325 e. The summed E-state index contributed by atoms with van der Waals surface area (Å²) in [7, 11) is 0. The van der Waals surface area contributed by atoms with Crippen LogP contribution in [-0.4, -0.2) is 21.6 Å². The molecular weight excluding hydrogens is 275 g/mol. The minimum Gasteiger partial charge on any atom is -0.305 e. The minimum atomic E-state index is -0.552. The van der Waals surface area contributed by atoms with Crippen molar-refractivity contribution in [3.8, 4) is 0 Å². The second kappa shape index (κ2) is 5.78. The molecule has 2 N–H and O–H groups in total. The Morgan fingerprint density at radius 2 is 2.17 bits per heavy atom. The lowest BCUT2D eigenvalue weighted by atomic mass is 10.3.